The molecule has 0 unspecified atom stereocenters. The van der Waals surface area contributed by atoms with Crippen LogP contribution in [-0.4, -0.2) is 24.6 Å². The Kier molecular flexibility index (Phi) is 4.89. The Balaban J connectivity index is 1.61. The average molecular weight is 418 g/mol. The molecule has 9 heteroatoms. The van der Waals surface area contributed by atoms with Gasteiger partial charge in [0.25, 0.3) is 0 Å². The summed E-state index contributed by atoms with van der Waals surface area (Å²) in [5, 5.41) is 3.05. The van der Waals surface area contributed by atoms with E-state index in [1.807, 2.05) is 0 Å². The second kappa shape index (κ2) is 7.40. The Bertz CT molecular complexity index is 1190. The van der Waals surface area contributed by atoms with Crippen LogP contribution in [-0.2, 0) is 19.1 Å². The average Bonchev–Trinajstić information content (AvgIpc) is 2.72. The number of alkyl halides is 3. The van der Waals surface area contributed by atoms with Crippen molar-refractivity contribution in [2.24, 2.45) is 0 Å². The molecule has 3 aromatic rings. The number of carbonyl (C=O) groups is 1. The third kappa shape index (κ3) is 3.58. The molecule has 1 aromatic heterocycles. The molecule has 0 saturated carbocycles. The number of para-hydroxylation sites is 1. The standard InChI is InChI=1S/C21H17F3N2O4/c1-29-12-6-7-14-13-8-9-26(11-15(13)19(27)30-18(14)10-12)20(28)25-17-5-3-2-4-16(17)21(22,23)24/h2-7,10H,8-9,11H2,1H3,(H,25,28). The summed E-state index contributed by atoms with van der Waals surface area (Å²) in [6.07, 6.45) is -4.22. The van der Waals surface area contributed by atoms with Gasteiger partial charge in [0.05, 0.1) is 30.5 Å². The zero-order chi connectivity index (χ0) is 21.5. The van der Waals surface area contributed by atoms with E-state index in [1.165, 1.54) is 30.2 Å². The molecule has 0 atom stereocenters. The minimum atomic E-state index is -4.60. The monoisotopic (exact) mass is 418 g/mol. The highest BCUT2D eigenvalue weighted by atomic mass is 19.4. The Hall–Kier alpha value is -3.49. The lowest BCUT2D eigenvalue weighted by Gasteiger charge is -2.29. The molecule has 1 aliphatic rings. The highest BCUT2D eigenvalue weighted by molar-refractivity contribution is 5.91. The number of anilines is 1. The summed E-state index contributed by atoms with van der Waals surface area (Å²) >= 11 is 0. The molecule has 1 aliphatic heterocycles. The quantitative estimate of drug-likeness (QED) is 0.626. The van der Waals surface area contributed by atoms with Crippen molar-refractivity contribution in [2.45, 2.75) is 19.1 Å². The van der Waals surface area contributed by atoms with Gasteiger partial charge in [-0.25, -0.2) is 9.59 Å². The van der Waals surface area contributed by atoms with Crippen LogP contribution in [0.1, 0.15) is 16.7 Å². The number of nitrogens with zero attached hydrogens (tertiary/aromatic N) is 1. The second-order valence-electron chi connectivity index (χ2n) is 6.85. The number of halogens is 3. The molecule has 156 valence electrons. The van der Waals surface area contributed by atoms with Crippen LogP contribution in [0.25, 0.3) is 11.0 Å². The number of benzene rings is 2. The first-order valence-electron chi connectivity index (χ1n) is 9.12. The third-order valence-electron chi connectivity index (χ3n) is 5.07. The van der Waals surface area contributed by atoms with E-state index in [2.05, 4.69) is 5.32 Å². The van der Waals surface area contributed by atoms with Crippen LogP contribution in [0.5, 0.6) is 5.75 Å². The number of methoxy groups -OCH3 is 1. The summed E-state index contributed by atoms with van der Waals surface area (Å²) in [4.78, 5) is 26.4. The fraction of sp³-hybridized carbons (Fsp3) is 0.238. The molecule has 0 saturated heterocycles. The lowest BCUT2D eigenvalue weighted by Crippen LogP contribution is -2.41. The van der Waals surface area contributed by atoms with Gasteiger partial charge in [0.1, 0.15) is 11.3 Å². The number of amides is 2. The number of rotatable bonds is 2. The molecular weight excluding hydrogens is 401 g/mol. The highest BCUT2D eigenvalue weighted by Gasteiger charge is 2.34. The SMILES string of the molecule is COc1ccc2c3c(c(=O)oc2c1)CN(C(=O)Nc1ccccc1C(F)(F)F)CC3. The molecule has 2 heterocycles. The van der Waals surface area contributed by atoms with E-state index in [1.54, 1.807) is 18.2 Å². The summed E-state index contributed by atoms with van der Waals surface area (Å²) in [6.45, 7) is 0.192. The molecule has 30 heavy (non-hydrogen) atoms. The van der Waals surface area contributed by atoms with Crippen LogP contribution in [0, 0.1) is 0 Å². The van der Waals surface area contributed by atoms with E-state index in [9.17, 15) is 22.8 Å². The maximum absolute atomic E-state index is 13.2. The fourth-order valence-corrected chi connectivity index (χ4v) is 3.58. The molecular formula is C21H17F3N2O4. The number of hydrogen-bond acceptors (Lipinski definition) is 4. The van der Waals surface area contributed by atoms with Crippen molar-refractivity contribution in [3.05, 3.63) is 69.6 Å². The van der Waals surface area contributed by atoms with Crippen molar-refractivity contribution in [3.63, 3.8) is 0 Å². The molecule has 6 nitrogen and oxygen atoms in total. The van der Waals surface area contributed by atoms with Gasteiger partial charge in [0, 0.05) is 18.0 Å². The van der Waals surface area contributed by atoms with Gasteiger partial charge < -0.3 is 19.4 Å². The first kappa shape index (κ1) is 19.8. The Morgan fingerprint density at radius 2 is 1.93 bits per heavy atom. The Morgan fingerprint density at radius 3 is 2.67 bits per heavy atom. The maximum atomic E-state index is 13.2. The van der Waals surface area contributed by atoms with Crippen LogP contribution in [0.4, 0.5) is 23.7 Å². The Morgan fingerprint density at radius 1 is 1.17 bits per heavy atom. The zero-order valence-corrected chi connectivity index (χ0v) is 15.9. The van der Waals surface area contributed by atoms with E-state index >= 15 is 0 Å². The smallest absolute Gasteiger partial charge is 0.418 e. The largest absolute Gasteiger partial charge is 0.497 e. The first-order valence-corrected chi connectivity index (χ1v) is 9.12. The Labute approximate surface area is 168 Å². The van der Waals surface area contributed by atoms with Gasteiger partial charge in [-0.3, -0.25) is 0 Å². The molecule has 2 amide bonds. The number of fused-ring (bicyclic) bond motifs is 3. The molecule has 0 aliphatic carbocycles. The summed E-state index contributed by atoms with van der Waals surface area (Å²) in [6, 6.07) is 9.17. The van der Waals surface area contributed by atoms with E-state index in [0.717, 1.165) is 17.0 Å². The summed E-state index contributed by atoms with van der Waals surface area (Å²) in [5.41, 5.74) is -0.385. The third-order valence-corrected chi connectivity index (χ3v) is 5.07. The van der Waals surface area contributed by atoms with E-state index in [0.29, 0.717) is 23.3 Å². The molecule has 1 N–H and O–H groups in total. The fourth-order valence-electron chi connectivity index (χ4n) is 3.58. The summed E-state index contributed by atoms with van der Waals surface area (Å²) in [7, 11) is 1.51. The van der Waals surface area contributed by atoms with Crippen LogP contribution < -0.4 is 15.7 Å². The van der Waals surface area contributed by atoms with Gasteiger partial charge in [0.15, 0.2) is 0 Å². The zero-order valence-electron chi connectivity index (χ0n) is 15.9. The lowest BCUT2D eigenvalue weighted by molar-refractivity contribution is -0.136. The number of ether oxygens (including phenoxy) is 1. The number of urea groups is 1. The number of hydrogen-bond donors (Lipinski definition) is 1. The number of carbonyl (C=O) groups excluding carboxylic acids is 1. The first-order chi connectivity index (χ1) is 14.3. The van der Waals surface area contributed by atoms with Crippen molar-refractivity contribution in [1.82, 2.24) is 4.90 Å². The van der Waals surface area contributed by atoms with Gasteiger partial charge in [-0.05, 0) is 36.2 Å². The van der Waals surface area contributed by atoms with Crippen molar-refractivity contribution in [3.8, 4) is 5.75 Å². The summed E-state index contributed by atoms with van der Waals surface area (Å²) in [5.74, 6) is 0.547. The summed E-state index contributed by atoms with van der Waals surface area (Å²) < 4.78 is 50.0. The van der Waals surface area contributed by atoms with E-state index in [-0.39, 0.29) is 18.8 Å². The van der Waals surface area contributed by atoms with Crippen LogP contribution in [0.2, 0.25) is 0 Å². The minimum absolute atomic E-state index is 0.0559. The van der Waals surface area contributed by atoms with Crippen LogP contribution in [0.3, 0.4) is 0 Å². The molecule has 0 radical (unpaired) electrons. The van der Waals surface area contributed by atoms with Crippen molar-refractivity contribution in [1.29, 1.82) is 0 Å². The van der Waals surface area contributed by atoms with E-state index < -0.39 is 23.4 Å². The van der Waals surface area contributed by atoms with Crippen LogP contribution in [0.15, 0.2) is 51.7 Å². The minimum Gasteiger partial charge on any atom is -0.497 e. The molecule has 0 spiro atoms. The predicted molar refractivity (Wildman–Crippen MR) is 104 cm³/mol. The topological polar surface area (TPSA) is 71.8 Å². The van der Waals surface area contributed by atoms with Gasteiger partial charge in [0.2, 0.25) is 0 Å². The van der Waals surface area contributed by atoms with E-state index in [4.69, 9.17) is 9.15 Å². The van der Waals surface area contributed by atoms with Gasteiger partial charge in [-0.2, -0.15) is 13.2 Å². The van der Waals surface area contributed by atoms with Crippen molar-refractivity contribution < 1.29 is 27.1 Å². The molecule has 0 fully saturated rings. The van der Waals surface area contributed by atoms with Crippen molar-refractivity contribution >= 4 is 22.7 Å². The number of nitrogens with one attached hydrogen (secondary N) is 1. The van der Waals surface area contributed by atoms with Gasteiger partial charge in [-0.1, -0.05) is 12.1 Å². The maximum Gasteiger partial charge on any atom is 0.418 e. The van der Waals surface area contributed by atoms with Crippen LogP contribution >= 0.6 is 0 Å². The van der Waals surface area contributed by atoms with Gasteiger partial charge >= 0.3 is 17.8 Å². The molecule has 4 rings (SSSR count). The normalized spacial score (nSPS) is 13.8. The lowest BCUT2D eigenvalue weighted by atomic mass is 9.97. The molecule has 2 aromatic carbocycles. The highest BCUT2D eigenvalue weighted by Crippen LogP contribution is 2.35. The van der Waals surface area contributed by atoms with Crippen molar-refractivity contribution in [2.75, 3.05) is 19.0 Å². The predicted octanol–water partition coefficient (Wildman–Crippen LogP) is 4.41. The molecule has 0 bridgehead atoms. The van der Waals surface area contributed by atoms with Gasteiger partial charge in [-0.15, -0.1) is 0 Å². The second-order valence-corrected chi connectivity index (χ2v) is 6.85.